The van der Waals surface area contributed by atoms with Crippen LogP contribution in [0.25, 0.3) is 0 Å². The molecule has 2 N–H and O–H groups in total. The molecule has 0 rings (SSSR count). The summed E-state index contributed by atoms with van der Waals surface area (Å²) in [4.78, 5) is 9.71. The van der Waals surface area contributed by atoms with Crippen LogP contribution in [-0.2, 0) is 4.79 Å². The number of ketones is 1. The van der Waals surface area contributed by atoms with Crippen LogP contribution in [0.5, 0.6) is 0 Å². The van der Waals surface area contributed by atoms with Gasteiger partial charge >= 0.3 is 6.18 Å². The van der Waals surface area contributed by atoms with Crippen LogP contribution in [0.1, 0.15) is 0 Å². The number of nitrogens with two attached hydrogens (primary N) is 1. The van der Waals surface area contributed by atoms with Crippen molar-refractivity contribution in [2.24, 2.45) is 10.9 Å². The average Bonchev–Trinajstić information content (AvgIpc) is 1.64. The predicted molar refractivity (Wildman–Crippen MR) is 23.7 cm³/mol. The van der Waals surface area contributed by atoms with E-state index < -0.39 is 12.0 Å². The number of hydrogen-bond donors (Lipinski definition) is 1. The minimum Gasteiger partial charge on any atom is -0.323 e. The third kappa shape index (κ3) is 2.68. The van der Waals surface area contributed by atoms with Crippen molar-refractivity contribution in [3.05, 3.63) is 0 Å². The molecule has 0 aliphatic rings. The fraction of sp³-hybridized carbons (Fsp3) is 0.333. The van der Waals surface area contributed by atoms with E-state index in [-0.39, 0.29) is 6.21 Å². The number of Topliss-reactive ketones (excluding diaryl/α,β-unsaturated/α-hetero) is 1. The van der Waals surface area contributed by atoms with Crippen LogP contribution in [0.4, 0.5) is 13.2 Å². The Morgan fingerprint density at radius 2 is 2.00 bits per heavy atom. The van der Waals surface area contributed by atoms with E-state index in [1.807, 2.05) is 0 Å². The number of rotatable bonds is 1. The van der Waals surface area contributed by atoms with Gasteiger partial charge in [0, 0.05) is 0 Å². The number of halogens is 3. The van der Waals surface area contributed by atoms with Crippen LogP contribution in [-0.4, -0.2) is 18.2 Å². The minimum absolute atomic E-state index is 0.0139. The highest BCUT2D eigenvalue weighted by molar-refractivity contribution is 6.29. The highest BCUT2D eigenvalue weighted by atomic mass is 19.4. The van der Waals surface area contributed by atoms with Crippen molar-refractivity contribution >= 4 is 12.0 Å². The molecule has 6 heteroatoms. The van der Waals surface area contributed by atoms with E-state index in [1.54, 1.807) is 0 Å². The maximum absolute atomic E-state index is 11.1. The van der Waals surface area contributed by atoms with E-state index in [0.29, 0.717) is 0 Å². The van der Waals surface area contributed by atoms with E-state index >= 15 is 0 Å². The molecule has 0 aromatic carbocycles. The summed E-state index contributed by atoms with van der Waals surface area (Å²) in [5.74, 6) is 2.22. The summed E-state index contributed by atoms with van der Waals surface area (Å²) in [6, 6.07) is 0. The van der Waals surface area contributed by atoms with Crippen LogP contribution in [0.15, 0.2) is 5.10 Å². The third-order valence-corrected chi connectivity index (χ3v) is 0.471. The van der Waals surface area contributed by atoms with Crippen molar-refractivity contribution < 1.29 is 18.0 Å². The molecule has 0 heterocycles. The summed E-state index contributed by atoms with van der Waals surface area (Å²) in [5.41, 5.74) is 0. The van der Waals surface area contributed by atoms with Gasteiger partial charge in [0.1, 0.15) is 0 Å². The fourth-order valence-electron chi connectivity index (χ4n) is 0.141. The normalized spacial score (nSPS) is 12.3. The van der Waals surface area contributed by atoms with Gasteiger partial charge in [-0.15, -0.1) is 0 Å². The Hall–Kier alpha value is -1.07. The third-order valence-electron chi connectivity index (χ3n) is 0.471. The van der Waals surface area contributed by atoms with Crippen LogP contribution < -0.4 is 5.84 Å². The van der Waals surface area contributed by atoms with Gasteiger partial charge < -0.3 is 5.84 Å². The molecule has 0 spiro atoms. The molecule has 0 saturated heterocycles. The lowest BCUT2D eigenvalue weighted by molar-refractivity contribution is -0.162. The second kappa shape index (κ2) is 2.47. The minimum atomic E-state index is -4.86. The summed E-state index contributed by atoms with van der Waals surface area (Å²) >= 11 is 0. The standard InChI is InChI=1S/C3H3F3N2O/c4-3(5,6)2(9)1-8-7/h1H,7H2. The lowest BCUT2D eigenvalue weighted by Gasteiger charge is -1.96. The van der Waals surface area contributed by atoms with Crippen LogP contribution >= 0.6 is 0 Å². The van der Waals surface area contributed by atoms with Gasteiger partial charge in [-0.1, -0.05) is 0 Å². The van der Waals surface area contributed by atoms with Gasteiger partial charge in [-0.2, -0.15) is 18.3 Å². The molecule has 0 aliphatic heterocycles. The van der Waals surface area contributed by atoms with Gasteiger partial charge in [-0.3, -0.25) is 4.79 Å². The molecule has 0 atom stereocenters. The highest BCUT2D eigenvalue weighted by Crippen LogP contribution is 2.13. The van der Waals surface area contributed by atoms with E-state index in [4.69, 9.17) is 0 Å². The zero-order chi connectivity index (χ0) is 7.49. The van der Waals surface area contributed by atoms with Crippen LogP contribution in [0.2, 0.25) is 0 Å². The van der Waals surface area contributed by atoms with Gasteiger partial charge in [-0.05, 0) is 0 Å². The number of carbonyl (C=O) groups is 1. The van der Waals surface area contributed by atoms with Gasteiger partial charge in [0.2, 0.25) is 0 Å². The molecular weight excluding hydrogens is 137 g/mol. The topological polar surface area (TPSA) is 55.4 Å². The Balaban J connectivity index is 4.06. The summed E-state index contributed by atoms with van der Waals surface area (Å²) in [7, 11) is 0. The fourth-order valence-corrected chi connectivity index (χ4v) is 0.141. The Labute approximate surface area is 48.3 Å². The molecule has 52 valence electrons. The van der Waals surface area contributed by atoms with Crippen molar-refractivity contribution in [1.82, 2.24) is 0 Å². The zero-order valence-electron chi connectivity index (χ0n) is 4.14. The Bertz CT molecular complexity index is 138. The molecule has 0 aromatic heterocycles. The molecule has 0 amide bonds. The lowest BCUT2D eigenvalue weighted by Crippen LogP contribution is -2.23. The first-order chi connectivity index (χ1) is 3.98. The monoisotopic (exact) mass is 140 g/mol. The molecule has 9 heavy (non-hydrogen) atoms. The second-order valence-corrected chi connectivity index (χ2v) is 1.14. The second-order valence-electron chi connectivity index (χ2n) is 1.14. The van der Waals surface area contributed by atoms with Crippen LogP contribution in [0.3, 0.4) is 0 Å². The first-order valence-electron chi connectivity index (χ1n) is 1.83. The molecule has 0 saturated carbocycles. The first kappa shape index (κ1) is 7.93. The first-order valence-corrected chi connectivity index (χ1v) is 1.83. The number of alkyl halides is 3. The quantitative estimate of drug-likeness (QED) is 0.318. The van der Waals surface area contributed by atoms with E-state index in [9.17, 15) is 18.0 Å². The molecule has 0 aromatic rings. The number of hydrogen-bond acceptors (Lipinski definition) is 3. The van der Waals surface area contributed by atoms with Gasteiger partial charge in [0.25, 0.3) is 5.78 Å². The molecule has 0 aliphatic carbocycles. The number of hydrazone groups is 1. The Morgan fingerprint density at radius 1 is 1.56 bits per heavy atom. The molecule has 0 radical (unpaired) electrons. The average molecular weight is 140 g/mol. The highest BCUT2D eigenvalue weighted by Gasteiger charge is 2.36. The lowest BCUT2D eigenvalue weighted by atomic mass is 10.4. The number of carbonyl (C=O) groups excluding carboxylic acids is 1. The Morgan fingerprint density at radius 3 is 2.11 bits per heavy atom. The van der Waals surface area contributed by atoms with Gasteiger partial charge in [0.15, 0.2) is 0 Å². The van der Waals surface area contributed by atoms with E-state index in [2.05, 4.69) is 10.9 Å². The van der Waals surface area contributed by atoms with Crippen LogP contribution in [0, 0.1) is 0 Å². The predicted octanol–water partition coefficient (Wildman–Crippen LogP) is 0.0623. The summed E-state index contributed by atoms with van der Waals surface area (Å²) in [6.45, 7) is 0. The largest absolute Gasteiger partial charge is 0.455 e. The maximum atomic E-state index is 11.1. The van der Waals surface area contributed by atoms with Crippen molar-refractivity contribution in [3.8, 4) is 0 Å². The molecule has 0 fully saturated rings. The Kier molecular flexibility index (Phi) is 2.18. The molecule has 0 bridgehead atoms. The summed E-state index contributed by atoms with van der Waals surface area (Å²) in [6.07, 6.45) is -4.84. The summed E-state index contributed by atoms with van der Waals surface area (Å²) in [5, 5.41) is 2.41. The van der Waals surface area contributed by atoms with Crippen molar-refractivity contribution in [2.75, 3.05) is 0 Å². The van der Waals surface area contributed by atoms with Crippen molar-refractivity contribution in [2.45, 2.75) is 6.18 Å². The van der Waals surface area contributed by atoms with Gasteiger partial charge in [0.05, 0.1) is 6.21 Å². The van der Waals surface area contributed by atoms with Gasteiger partial charge in [-0.25, -0.2) is 0 Å². The molecule has 0 unspecified atom stereocenters. The zero-order valence-corrected chi connectivity index (χ0v) is 4.14. The maximum Gasteiger partial charge on any atom is 0.455 e. The van der Waals surface area contributed by atoms with E-state index in [1.165, 1.54) is 0 Å². The SMILES string of the molecule is NN=CC(=O)C(F)(F)F. The van der Waals surface area contributed by atoms with E-state index in [0.717, 1.165) is 0 Å². The van der Waals surface area contributed by atoms with Crippen molar-refractivity contribution in [1.29, 1.82) is 0 Å². The molecular formula is C3H3F3N2O. The smallest absolute Gasteiger partial charge is 0.323 e. The summed E-state index contributed by atoms with van der Waals surface area (Å²) < 4.78 is 33.4. The van der Waals surface area contributed by atoms with Crippen molar-refractivity contribution in [3.63, 3.8) is 0 Å². The molecule has 3 nitrogen and oxygen atoms in total. The number of nitrogens with zero attached hydrogens (tertiary/aromatic N) is 1.